The van der Waals surface area contributed by atoms with Crippen LogP contribution in [0.25, 0.3) is 0 Å². The van der Waals surface area contributed by atoms with Crippen molar-refractivity contribution in [1.82, 2.24) is 18.8 Å². The lowest BCUT2D eigenvalue weighted by atomic mass is 9.98. The van der Waals surface area contributed by atoms with Crippen molar-refractivity contribution in [2.75, 3.05) is 27.2 Å². The van der Waals surface area contributed by atoms with E-state index in [1.54, 1.807) is 21.0 Å². The molecule has 2 heterocycles. The second kappa shape index (κ2) is 4.94. The molecule has 0 radical (unpaired) electrons. The van der Waals surface area contributed by atoms with E-state index in [2.05, 4.69) is 10.1 Å². The lowest BCUT2D eigenvalue weighted by Gasteiger charge is -2.31. The van der Waals surface area contributed by atoms with Crippen molar-refractivity contribution in [2.45, 2.75) is 25.7 Å². The Morgan fingerprint density at radius 1 is 1.33 bits per heavy atom. The minimum absolute atomic E-state index is 0.191. The first-order valence-electron chi connectivity index (χ1n) is 5.89. The molecule has 0 saturated carbocycles. The van der Waals surface area contributed by atoms with Crippen molar-refractivity contribution in [3.63, 3.8) is 0 Å². The van der Waals surface area contributed by atoms with Crippen molar-refractivity contribution in [3.05, 3.63) is 11.7 Å². The van der Waals surface area contributed by atoms with E-state index in [-0.39, 0.29) is 5.92 Å². The van der Waals surface area contributed by atoms with Crippen LogP contribution in [0.4, 0.5) is 0 Å². The van der Waals surface area contributed by atoms with Crippen LogP contribution in [0.3, 0.4) is 0 Å². The van der Waals surface area contributed by atoms with Crippen LogP contribution in [0.5, 0.6) is 0 Å². The summed E-state index contributed by atoms with van der Waals surface area (Å²) in [5.41, 5.74) is 0. The Morgan fingerprint density at radius 2 is 1.94 bits per heavy atom. The molecule has 0 aromatic carbocycles. The predicted molar refractivity (Wildman–Crippen MR) is 65.2 cm³/mol. The molecule has 1 aliphatic heterocycles. The Morgan fingerprint density at radius 3 is 2.39 bits per heavy atom. The van der Waals surface area contributed by atoms with E-state index in [1.165, 1.54) is 8.61 Å². The fourth-order valence-corrected chi connectivity index (χ4v) is 3.19. The molecule has 0 N–H and O–H groups in total. The average Bonchev–Trinajstić information content (AvgIpc) is 2.76. The zero-order valence-corrected chi connectivity index (χ0v) is 11.6. The van der Waals surface area contributed by atoms with Crippen LogP contribution in [0.1, 0.15) is 30.5 Å². The summed E-state index contributed by atoms with van der Waals surface area (Å²) < 4.78 is 31.6. The van der Waals surface area contributed by atoms with Gasteiger partial charge in [0.1, 0.15) is 0 Å². The average molecular weight is 274 g/mol. The van der Waals surface area contributed by atoms with Gasteiger partial charge in [-0.15, -0.1) is 0 Å². The van der Waals surface area contributed by atoms with Gasteiger partial charge in [-0.05, 0) is 12.8 Å². The van der Waals surface area contributed by atoms with Crippen LogP contribution in [0, 0.1) is 6.92 Å². The second-order valence-corrected chi connectivity index (χ2v) is 6.78. The number of nitrogens with zero attached hydrogens (tertiary/aromatic N) is 4. The Bertz CT molecular complexity index is 503. The van der Waals surface area contributed by atoms with E-state index in [0.717, 1.165) is 12.8 Å². The van der Waals surface area contributed by atoms with Gasteiger partial charge in [-0.25, -0.2) is 0 Å². The third-order valence-corrected chi connectivity index (χ3v) is 5.09. The van der Waals surface area contributed by atoms with Gasteiger partial charge in [0.25, 0.3) is 10.2 Å². The summed E-state index contributed by atoms with van der Waals surface area (Å²) >= 11 is 0. The summed E-state index contributed by atoms with van der Waals surface area (Å²) in [6, 6.07) is 0. The highest BCUT2D eigenvalue weighted by Gasteiger charge is 2.31. The molecule has 1 aromatic rings. The van der Waals surface area contributed by atoms with Gasteiger partial charge in [-0.2, -0.15) is 22.0 Å². The molecule has 7 nitrogen and oxygen atoms in total. The van der Waals surface area contributed by atoms with Gasteiger partial charge in [0.2, 0.25) is 5.89 Å². The van der Waals surface area contributed by atoms with Crippen molar-refractivity contribution >= 4 is 10.2 Å². The van der Waals surface area contributed by atoms with Crippen molar-refractivity contribution in [3.8, 4) is 0 Å². The topological polar surface area (TPSA) is 79.5 Å². The molecule has 102 valence electrons. The van der Waals surface area contributed by atoms with Crippen LogP contribution in [0.2, 0.25) is 0 Å². The Kier molecular flexibility index (Phi) is 3.69. The number of aryl methyl sites for hydroxylation is 1. The number of hydrogen-bond acceptors (Lipinski definition) is 5. The second-order valence-electron chi connectivity index (χ2n) is 4.64. The first-order chi connectivity index (χ1) is 8.41. The molecule has 18 heavy (non-hydrogen) atoms. The monoisotopic (exact) mass is 274 g/mol. The standard InChI is InChI=1S/C10H18N4O3S/c1-8-11-10(12-17-8)9-4-6-14(7-5-9)18(15,16)13(2)3/h9H,4-7H2,1-3H3. The molecule has 0 bridgehead atoms. The smallest absolute Gasteiger partial charge is 0.281 e. The largest absolute Gasteiger partial charge is 0.340 e. The highest BCUT2D eigenvalue weighted by atomic mass is 32.2. The summed E-state index contributed by atoms with van der Waals surface area (Å²) in [5.74, 6) is 1.43. The number of rotatable bonds is 3. The molecule has 0 unspecified atom stereocenters. The van der Waals surface area contributed by atoms with Crippen LogP contribution in [-0.4, -0.2) is 54.4 Å². The predicted octanol–water partition coefficient (Wildman–Crippen LogP) is 0.364. The summed E-state index contributed by atoms with van der Waals surface area (Å²) in [5, 5.41) is 3.90. The van der Waals surface area contributed by atoms with Crippen LogP contribution < -0.4 is 0 Å². The van der Waals surface area contributed by atoms with Gasteiger partial charge in [-0.1, -0.05) is 5.16 Å². The molecule has 1 saturated heterocycles. The summed E-state index contributed by atoms with van der Waals surface area (Å²) in [4.78, 5) is 4.20. The molecule has 1 aromatic heterocycles. The minimum Gasteiger partial charge on any atom is -0.340 e. The Labute approximate surface area is 107 Å². The molecule has 8 heteroatoms. The SMILES string of the molecule is Cc1nc(C2CCN(S(=O)(=O)N(C)C)CC2)no1. The third kappa shape index (κ3) is 2.55. The van der Waals surface area contributed by atoms with Gasteiger partial charge in [0.05, 0.1) is 0 Å². The zero-order valence-electron chi connectivity index (χ0n) is 10.8. The lowest BCUT2D eigenvalue weighted by molar-refractivity contribution is 0.292. The fourth-order valence-electron chi connectivity index (χ4n) is 2.06. The molecule has 0 atom stereocenters. The highest BCUT2D eigenvalue weighted by molar-refractivity contribution is 7.86. The molecular weight excluding hydrogens is 256 g/mol. The maximum atomic E-state index is 11.9. The van der Waals surface area contributed by atoms with E-state index >= 15 is 0 Å². The fraction of sp³-hybridized carbons (Fsp3) is 0.800. The van der Waals surface area contributed by atoms with Gasteiger partial charge in [-0.3, -0.25) is 0 Å². The molecule has 0 amide bonds. The number of piperidine rings is 1. The molecule has 0 spiro atoms. The van der Waals surface area contributed by atoms with E-state index in [4.69, 9.17) is 4.52 Å². The van der Waals surface area contributed by atoms with Gasteiger partial charge in [0, 0.05) is 40.0 Å². The molecule has 0 aliphatic carbocycles. The normalized spacial score (nSPS) is 19.6. The molecule has 1 fully saturated rings. The molecule has 2 rings (SSSR count). The summed E-state index contributed by atoms with van der Waals surface area (Å²) in [6.07, 6.45) is 1.46. The quantitative estimate of drug-likeness (QED) is 0.795. The van der Waals surface area contributed by atoms with E-state index in [9.17, 15) is 8.42 Å². The summed E-state index contributed by atoms with van der Waals surface area (Å²) in [6.45, 7) is 2.75. The third-order valence-electron chi connectivity index (χ3n) is 3.15. The van der Waals surface area contributed by atoms with Crippen LogP contribution in [0.15, 0.2) is 4.52 Å². The van der Waals surface area contributed by atoms with E-state index in [0.29, 0.717) is 24.8 Å². The molecular formula is C10H18N4O3S. The number of hydrogen-bond donors (Lipinski definition) is 0. The summed E-state index contributed by atoms with van der Waals surface area (Å²) in [7, 11) is -0.207. The van der Waals surface area contributed by atoms with E-state index in [1.807, 2.05) is 0 Å². The van der Waals surface area contributed by atoms with Gasteiger partial charge < -0.3 is 4.52 Å². The van der Waals surface area contributed by atoms with Crippen molar-refractivity contribution in [1.29, 1.82) is 0 Å². The first-order valence-corrected chi connectivity index (χ1v) is 7.29. The van der Waals surface area contributed by atoms with E-state index < -0.39 is 10.2 Å². The lowest BCUT2D eigenvalue weighted by Crippen LogP contribution is -2.44. The van der Waals surface area contributed by atoms with Gasteiger partial charge in [0.15, 0.2) is 5.82 Å². The van der Waals surface area contributed by atoms with Crippen molar-refractivity contribution in [2.24, 2.45) is 0 Å². The Hall–Kier alpha value is -0.990. The van der Waals surface area contributed by atoms with Gasteiger partial charge >= 0.3 is 0 Å². The first kappa shape index (κ1) is 13.4. The minimum atomic E-state index is -3.30. The van der Waals surface area contributed by atoms with Crippen molar-refractivity contribution < 1.29 is 12.9 Å². The number of aromatic nitrogens is 2. The van der Waals surface area contributed by atoms with Crippen LogP contribution >= 0.6 is 0 Å². The molecule has 1 aliphatic rings. The maximum absolute atomic E-state index is 11.9. The highest BCUT2D eigenvalue weighted by Crippen LogP contribution is 2.27. The van der Waals surface area contributed by atoms with Crippen LogP contribution in [-0.2, 0) is 10.2 Å². The Balaban J connectivity index is 2.01. The zero-order chi connectivity index (χ0) is 13.3. The maximum Gasteiger partial charge on any atom is 0.281 e.